The van der Waals surface area contributed by atoms with Crippen LogP contribution in [0.3, 0.4) is 0 Å². The van der Waals surface area contributed by atoms with E-state index < -0.39 is 0 Å². The van der Waals surface area contributed by atoms with Crippen molar-refractivity contribution in [1.82, 2.24) is 14.9 Å². The van der Waals surface area contributed by atoms with Crippen molar-refractivity contribution in [2.24, 2.45) is 5.92 Å². The molecule has 0 bridgehead atoms. The minimum Gasteiger partial charge on any atom is -0.367 e. The first kappa shape index (κ1) is 22.1. The third-order valence-corrected chi connectivity index (χ3v) is 5.20. The smallest absolute Gasteiger partial charge is 0.229 e. The normalized spacial score (nSPS) is 13.0. The number of aryl methyl sites for hydroxylation is 1. The Hall–Kier alpha value is -2.15. The van der Waals surface area contributed by atoms with Crippen molar-refractivity contribution in [3.05, 3.63) is 40.5 Å². The quantitative estimate of drug-likeness (QED) is 0.625. The second-order valence-electron chi connectivity index (χ2n) is 6.70. The highest BCUT2D eigenvalue weighted by Crippen LogP contribution is 2.28. The molecule has 0 atom stereocenters. The number of carbonyl (C=O) groups excluding carboxylic acids is 1. The van der Waals surface area contributed by atoms with Crippen LogP contribution < -0.4 is 10.6 Å². The highest BCUT2D eigenvalue weighted by atomic mass is 79.9. The number of hydrogen-bond donors (Lipinski definition) is 2. The molecule has 1 saturated carbocycles. The van der Waals surface area contributed by atoms with Crippen molar-refractivity contribution < 1.29 is 4.79 Å². The van der Waals surface area contributed by atoms with Crippen LogP contribution in [0.15, 0.2) is 34.9 Å². The van der Waals surface area contributed by atoms with E-state index in [1.54, 1.807) is 11.1 Å². The first-order valence-corrected chi connectivity index (χ1v) is 10.7. The molecule has 6 nitrogen and oxygen atoms in total. The fourth-order valence-corrected chi connectivity index (χ4v) is 3.07. The summed E-state index contributed by atoms with van der Waals surface area (Å²) in [6.45, 7) is 7.33. The average Bonchev–Trinajstić information content (AvgIpc) is 2.66. The Labute approximate surface area is 176 Å². The second-order valence-corrected chi connectivity index (χ2v) is 7.55. The first-order valence-electron chi connectivity index (χ1n) is 9.88. The SMILES string of the molecule is CC.Cc1ccc(Nc2ncc(Br)c(NCCN(C)C(=O)C3CCC3)n2)cc1. The van der Waals surface area contributed by atoms with Crippen LogP contribution in [0.5, 0.6) is 0 Å². The Bertz CT molecular complexity index is 762. The highest BCUT2D eigenvalue weighted by Gasteiger charge is 2.27. The van der Waals surface area contributed by atoms with Crippen molar-refractivity contribution in [3.63, 3.8) is 0 Å². The maximum atomic E-state index is 12.2. The van der Waals surface area contributed by atoms with E-state index in [0.29, 0.717) is 24.9 Å². The van der Waals surface area contributed by atoms with E-state index in [1.165, 1.54) is 12.0 Å². The molecule has 0 saturated heterocycles. The molecule has 0 unspecified atom stereocenters. The number of aromatic nitrogens is 2. The molecule has 28 heavy (non-hydrogen) atoms. The maximum absolute atomic E-state index is 12.2. The molecule has 1 heterocycles. The van der Waals surface area contributed by atoms with Crippen LogP contribution in [0.25, 0.3) is 0 Å². The highest BCUT2D eigenvalue weighted by molar-refractivity contribution is 9.10. The molecule has 1 aromatic carbocycles. The number of likely N-dealkylation sites (N-methyl/N-ethyl adjacent to an activating group) is 1. The van der Waals surface area contributed by atoms with Gasteiger partial charge in [-0.25, -0.2) is 4.98 Å². The first-order chi connectivity index (χ1) is 13.5. The Morgan fingerprint density at radius 3 is 2.54 bits per heavy atom. The number of rotatable bonds is 7. The largest absolute Gasteiger partial charge is 0.367 e. The predicted octanol–water partition coefficient (Wildman–Crippen LogP) is 4.99. The Kier molecular flexibility index (Phi) is 8.70. The standard InChI is InChI=1S/C19H24BrN5O.C2H6/c1-13-6-8-15(9-7-13)23-19-22-12-16(20)17(24-19)21-10-11-25(2)18(26)14-4-3-5-14;1-2/h6-9,12,14H,3-5,10-11H2,1-2H3,(H2,21,22,23,24);1-2H3. The zero-order chi connectivity index (χ0) is 20.5. The van der Waals surface area contributed by atoms with E-state index in [2.05, 4.69) is 43.5 Å². The second kappa shape index (κ2) is 11.0. The summed E-state index contributed by atoms with van der Waals surface area (Å²) < 4.78 is 0.792. The van der Waals surface area contributed by atoms with Gasteiger partial charge in [0.05, 0.1) is 4.47 Å². The minimum atomic E-state index is 0.232. The zero-order valence-electron chi connectivity index (χ0n) is 17.1. The summed E-state index contributed by atoms with van der Waals surface area (Å²) in [5.41, 5.74) is 2.14. The molecule has 7 heteroatoms. The minimum absolute atomic E-state index is 0.232. The molecule has 0 aliphatic heterocycles. The van der Waals surface area contributed by atoms with Gasteiger partial charge in [0.25, 0.3) is 0 Å². The Morgan fingerprint density at radius 1 is 1.25 bits per heavy atom. The summed E-state index contributed by atoms with van der Waals surface area (Å²) in [7, 11) is 1.86. The van der Waals surface area contributed by atoms with Gasteiger partial charge >= 0.3 is 0 Å². The molecule has 1 amide bonds. The van der Waals surface area contributed by atoms with Gasteiger partial charge < -0.3 is 15.5 Å². The van der Waals surface area contributed by atoms with Crippen LogP contribution in [0.4, 0.5) is 17.5 Å². The van der Waals surface area contributed by atoms with E-state index in [0.717, 1.165) is 23.0 Å². The number of anilines is 3. The van der Waals surface area contributed by atoms with Gasteiger partial charge in [-0.2, -0.15) is 4.98 Å². The number of nitrogens with one attached hydrogen (secondary N) is 2. The molecule has 0 radical (unpaired) electrons. The number of nitrogens with zero attached hydrogens (tertiary/aromatic N) is 3. The number of halogens is 1. The summed E-state index contributed by atoms with van der Waals surface area (Å²) in [5.74, 6) is 1.72. The van der Waals surface area contributed by atoms with Crippen LogP contribution in [-0.4, -0.2) is 40.9 Å². The molecular weight excluding hydrogens is 418 g/mol. The molecular formula is C21H30BrN5O. The molecule has 1 aliphatic rings. The molecule has 3 rings (SSSR count). The summed E-state index contributed by atoms with van der Waals surface area (Å²) in [5, 5.41) is 6.48. The summed E-state index contributed by atoms with van der Waals surface area (Å²) >= 11 is 3.47. The molecule has 0 spiro atoms. The lowest BCUT2D eigenvalue weighted by Crippen LogP contribution is -2.38. The lowest BCUT2D eigenvalue weighted by molar-refractivity contribution is -0.136. The fourth-order valence-electron chi connectivity index (χ4n) is 2.74. The van der Waals surface area contributed by atoms with Gasteiger partial charge in [-0.3, -0.25) is 4.79 Å². The van der Waals surface area contributed by atoms with E-state index in [-0.39, 0.29) is 11.8 Å². The van der Waals surface area contributed by atoms with Crippen LogP contribution in [-0.2, 0) is 4.79 Å². The van der Waals surface area contributed by atoms with Crippen molar-refractivity contribution >= 4 is 39.3 Å². The third kappa shape index (κ3) is 6.19. The molecule has 2 N–H and O–H groups in total. The summed E-state index contributed by atoms with van der Waals surface area (Å²) in [4.78, 5) is 22.8. The Morgan fingerprint density at radius 2 is 1.93 bits per heavy atom. The molecule has 1 aromatic heterocycles. The lowest BCUT2D eigenvalue weighted by atomic mass is 9.84. The monoisotopic (exact) mass is 447 g/mol. The van der Waals surface area contributed by atoms with Gasteiger partial charge in [0.1, 0.15) is 5.82 Å². The topological polar surface area (TPSA) is 70.2 Å². The van der Waals surface area contributed by atoms with Crippen LogP contribution in [0.1, 0.15) is 38.7 Å². The van der Waals surface area contributed by atoms with Crippen LogP contribution in [0.2, 0.25) is 0 Å². The molecule has 152 valence electrons. The van der Waals surface area contributed by atoms with Gasteiger partial charge in [0, 0.05) is 37.9 Å². The van der Waals surface area contributed by atoms with Crippen molar-refractivity contribution in [2.75, 3.05) is 30.8 Å². The van der Waals surface area contributed by atoms with Gasteiger partial charge in [-0.1, -0.05) is 38.0 Å². The van der Waals surface area contributed by atoms with Crippen molar-refractivity contribution in [2.45, 2.75) is 40.0 Å². The van der Waals surface area contributed by atoms with Gasteiger partial charge in [-0.15, -0.1) is 0 Å². The molecule has 1 aliphatic carbocycles. The van der Waals surface area contributed by atoms with Crippen LogP contribution in [0, 0.1) is 12.8 Å². The fraction of sp³-hybridized carbons (Fsp3) is 0.476. The maximum Gasteiger partial charge on any atom is 0.229 e. The number of hydrogen-bond acceptors (Lipinski definition) is 5. The molecule has 1 fully saturated rings. The van der Waals surface area contributed by atoms with Crippen molar-refractivity contribution in [3.8, 4) is 0 Å². The van der Waals surface area contributed by atoms with Gasteiger partial charge in [0.2, 0.25) is 11.9 Å². The lowest BCUT2D eigenvalue weighted by Gasteiger charge is -2.29. The number of benzene rings is 1. The average molecular weight is 448 g/mol. The van der Waals surface area contributed by atoms with E-state index in [9.17, 15) is 4.79 Å². The zero-order valence-corrected chi connectivity index (χ0v) is 18.7. The van der Waals surface area contributed by atoms with Crippen LogP contribution >= 0.6 is 15.9 Å². The Balaban J connectivity index is 0.00000136. The van der Waals surface area contributed by atoms with Crippen molar-refractivity contribution in [1.29, 1.82) is 0 Å². The summed E-state index contributed by atoms with van der Waals surface area (Å²) in [6, 6.07) is 8.06. The van der Waals surface area contributed by atoms with E-state index in [1.807, 2.05) is 45.2 Å². The summed E-state index contributed by atoms with van der Waals surface area (Å²) in [6.07, 6.45) is 4.95. The van der Waals surface area contributed by atoms with E-state index >= 15 is 0 Å². The van der Waals surface area contributed by atoms with E-state index in [4.69, 9.17) is 0 Å². The number of carbonyl (C=O) groups is 1. The predicted molar refractivity (Wildman–Crippen MR) is 119 cm³/mol. The van der Waals surface area contributed by atoms with Gasteiger partial charge in [-0.05, 0) is 47.8 Å². The van der Waals surface area contributed by atoms with Gasteiger partial charge in [0.15, 0.2) is 0 Å². The number of amides is 1. The third-order valence-electron chi connectivity index (χ3n) is 4.62. The molecule has 2 aromatic rings.